The Labute approximate surface area is 172 Å². The average Bonchev–Trinajstić information content (AvgIpc) is 3.12. The highest BCUT2D eigenvalue weighted by atomic mass is 19.1. The van der Waals surface area contributed by atoms with E-state index in [1.807, 2.05) is 0 Å². The highest BCUT2D eigenvalue weighted by Gasteiger charge is 2.19. The minimum Gasteiger partial charge on any atom is -0.378 e. The molecular weight excluding hydrogens is 387 g/mol. The molecule has 1 aromatic heterocycles. The zero-order valence-electron chi connectivity index (χ0n) is 16.6. The summed E-state index contributed by atoms with van der Waals surface area (Å²) in [7, 11) is 1.62. The van der Waals surface area contributed by atoms with Gasteiger partial charge in [0.05, 0.1) is 5.69 Å². The van der Waals surface area contributed by atoms with Crippen LogP contribution in [0.25, 0.3) is 16.6 Å². The number of rotatable bonds is 6. The molecule has 0 saturated carbocycles. The Balaban J connectivity index is 1.98. The molecule has 2 aromatic carbocycles. The van der Waals surface area contributed by atoms with Crippen LogP contribution in [0.1, 0.15) is 29.4 Å². The van der Waals surface area contributed by atoms with Gasteiger partial charge in [0, 0.05) is 31.0 Å². The molecule has 0 unspecified atom stereocenters. The van der Waals surface area contributed by atoms with Gasteiger partial charge in [-0.2, -0.15) is 5.10 Å². The van der Waals surface area contributed by atoms with E-state index in [-0.39, 0.29) is 17.6 Å². The standard InChI is InChI=1S/C22H21FN4O3/c1-22(30,11-12-26(2)14-28)10-9-15-5-3-6-16(13-15)27-20-17(7-4-8-18(20)23)19(25-27)21(24)29/h3-8,13-14,30H,11-12H2,1-2H3,(H2,24,29)/t22-/m0/s1. The van der Waals surface area contributed by atoms with E-state index >= 15 is 0 Å². The number of fused-ring (bicyclic) bond motifs is 1. The van der Waals surface area contributed by atoms with E-state index in [0.29, 0.717) is 29.6 Å². The van der Waals surface area contributed by atoms with E-state index in [0.717, 1.165) is 0 Å². The molecule has 30 heavy (non-hydrogen) atoms. The van der Waals surface area contributed by atoms with Crippen molar-refractivity contribution in [2.45, 2.75) is 18.9 Å². The molecule has 7 nitrogen and oxygen atoms in total. The van der Waals surface area contributed by atoms with Crippen molar-refractivity contribution in [1.82, 2.24) is 14.7 Å². The van der Waals surface area contributed by atoms with Gasteiger partial charge in [-0.1, -0.05) is 30.0 Å². The molecule has 0 fully saturated rings. The van der Waals surface area contributed by atoms with Crippen molar-refractivity contribution < 1.29 is 19.1 Å². The Kier molecular flexibility index (Phi) is 5.85. The van der Waals surface area contributed by atoms with Crippen LogP contribution in [0.5, 0.6) is 0 Å². The summed E-state index contributed by atoms with van der Waals surface area (Å²) in [5, 5.41) is 14.9. The molecule has 0 saturated heterocycles. The maximum absolute atomic E-state index is 14.5. The Bertz CT molecular complexity index is 1170. The van der Waals surface area contributed by atoms with Crippen LogP contribution in [0.3, 0.4) is 0 Å². The number of primary amides is 1. The van der Waals surface area contributed by atoms with Gasteiger partial charge in [-0.3, -0.25) is 9.59 Å². The molecule has 1 atom stereocenters. The van der Waals surface area contributed by atoms with Crippen LogP contribution in [0.4, 0.5) is 4.39 Å². The van der Waals surface area contributed by atoms with Crippen molar-refractivity contribution in [1.29, 1.82) is 0 Å². The minimum absolute atomic E-state index is 0.0248. The quantitative estimate of drug-likeness (QED) is 0.480. The second-order valence-corrected chi connectivity index (χ2v) is 7.17. The molecule has 0 aliphatic carbocycles. The summed E-state index contributed by atoms with van der Waals surface area (Å²) in [5.41, 5.74) is 5.27. The van der Waals surface area contributed by atoms with Gasteiger partial charge in [-0.25, -0.2) is 9.07 Å². The fraction of sp³-hybridized carbons (Fsp3) is 0.227. The maximum Gasteiger partial charge on any atom is 0.269 e. The van der Waals surface area contributed by atoms with Gasteiger partial charge >= 0.3 is 0 Å². The van der Waals surface area contributed by atoms with Crippen molar-refractivity contribution in [2.75, 3.05) is 13.6 Å². The Morgan fingerprint density at radius 3 is 2.80 bits per heavy atom. The number of para-hydroxylation sites is 1. The molecule has 0 aliphatic rings. The Morgan fingerprint density at radius 1 is 1.37 bits per heavy atom. The molecule has 0 spiro atoms. The first-order valence-electron chi connectivity index (χ1n) is 9.20. The second-order valence-electron chi connectivity index (χ2n) is 7.17. The molecule has 1 heterocycles. The molecule has 3 aromatic rings. The second kappa shape index (κ2) is 8.35. The van der Waals surface area contributed by atoms with Gasteiger partial charge in [0.2, 0.25) is 6.41 Å². The SMILES string of the molecule is CN(C=O)CC[C@@](C)(O)C#Cc1cccc(-n2nc(C(N)=O)c3cccc(F)c32)c1. The lowest BCUT2D eigenvalue weighted by Crippen LogP contribution is -2.29. The van der Waals surface area contributed by atoms with Gasteiger partial charge in [0.15, 0.2) is 5.69 Å². The highest BCUT2D eigenvalue weighted by Crippen LogP contribution is 2.25. The minimum atomic E-state index is -1.29. The van der Waals surface area contributed by atoms with E-state index in [4.69, 9.17) is 5.73 Å². The lowest BCUT2D eigenvalue weighted by atomic mass is 10.0. The summed E-state index contributed by atoms with van der Waals surface area (Å²) in [6.07, 6.45) is 0.965. The van der Waals surface area contributed by atoms with E-state index in [1.54, 1.807) is 44.3 Å². The number of carbonyl (C=O) groups excluding carboxylic acids is 2. The van der Waals surface area contributed by atoms with Gasteiger partial charge in [-0.15, -0.1) is 0 Å². The number of hydrogen-bond acceptors (Lipinski definition) is 4. The summed E-state index contributed by atoms with van der Waals surface area (Å²) < 4.78 is 15.8. The number of carbonyl (C=O) groups is 2. The van der Waals surface area contributed by atoms with Gasteiger partial charge in [0.25, 0.3) is 5.91 Å². The lowest BCUT2D eigenvalue weighted by molar-refractivity contribution is -0.117. The van der Waals surface area contributed by atoms with E-state index < -0.39 is 17.3 Å². The topological polar surface area (TPSA) is 101 Å². The third-order valence-corrected chi connectivity index (χ3v) is 4.59. The van der Waals surface area contributed by atoms with Crippen molar-refractivity contribution in [3.63, 3.8) is 0 Å². The molecule has 3 N–H and O–H groups in total. The van der Waals surface area contributed by atoms with Crippen LogP contribution in [0.2, 0.25) is 0 Å². The van der Waals surface area contributed by atoms with Gasteiger partial charge in [0.1, 0.15) is 16.9 Å². The number of halogens is 1. The fourth-order valence-corrected chi connectivity index (χ4v) is 2.93. The molecule has 8 heteroatoms. The summed E-state index contributed by atoms with van der Waals surface area (Å²) >= 11 is 0. The number of nitrogens with zero attached hydrogens (tertiary/aromatic N) is 3. The predicted molar refractivity (Wildman–Crippen MR) is 110 cm³/mol. The first-order chi connectivity index (χ1) is 14.2. The van der Waals surface area contributed by atoms with Crippen molar-refractivity contribution in [2.24, 2.45) is 5.73 Å². The number of hydrogen-bond donors (Lipinski definition) is 2. The van der Waals surface area contributed by atoms with Crippen molar-refractivity contribution >= 4 is 23.2 Å². The van der Waals surface area contributed by atoms with Crippen molar-refractivity contribution in [3.05, 3.63) is 59.5 Å². The zero-order chi connectivity index (χ0) is 21.9. The summed E-state index contributed by atoms with van der Waals surface area (Å²) in [4.78, 5) is 23.8. The number of aliphatic hydroxyl groups is 1. The summed E-state index contributed by atoms with van der Waals surface area (Å²) in [6, 6.07) is 11.2. The van der Waals surface area contributed by atoms with Crippen molar-refractivity contribution in [3.8, 4) is 17.5 Å². The van der Waals surface area contributed by atoms with E-state index in [2.05, 4.69) is 16.9 Å². The van der Waals surface area contributed by atoms with Gasteiger partial charge < -0.3 is 15.7 Å². The molecular formula is C22H21FN4O3. The predicted octanol–water partition coefficient (Wildman–Crippen LogP) is 1.84. The van der Waals surface area contributed by atoms with Crippen LogP contribution in [0.15, 0.2) is 42.5 Å². The number of aromatic nitrogens is 2. The molecule has 154 valence electrons. The zero-order valence-corrected chi connectivity index (χ0v) is 16.6. The monoisotopic (exact) mass is 408 g/mol. The maximum atomic E-state index is 14.5. The van der Waals surface area contributed by atoms with Crippen LogP contribution < -0.4 is 5.73 Å². The largest absolute Gasteiger partial charge is 0.378 e. The first-order valence-corrected chi connectivity index (χ1v) is 9.20. The fourth-order valence-electron chi connectivity index (χ4n) is 2.93. The molecule has 0 aliphatic heterocycles. The number of nitrogens with two attached hydrogens (primary N) is 1. The molecule has 0 bridgehead atoms. The average molecular weight is 408 g/mol. The normalized spacial score (nSPS) is 12.7. The third-order valence-electron chi connectivity index (χ3n) is 4.59. The Hall–Kier alpha value is -3.70. The lowest BCUT2D eigenvalue weighted by Gasteiger charge is -2.19. The van der Waals surface area contributed by atoms with E-state index in [9.17, 15) is 19.1 Å². The van der Waals surface area contributed by atoms with Crippen LogP contribution >= 0.6 is 0 Å². The number of amides is 2. The van der Waals surface area contributed by atoms with E-state index in [1.165, 1.54) is 21.7 Å². The highest BCUT2D eigenvalue weighted by molar-refractivity contribution is 6.04. The van der Waals surface area contributed by atoms with Gasteiger partial charge in [-0.05, 0) is 31.2 Å². The number of benzene rings is 2. The van der Waals surface area contributed by atoms with Crippen LogP contribution in [0, 0.1) is 17.7 Å². The Morgan fingerprint density at radius 2 is 2.10 bits per heavy atom. The summed E-state index contributed by atoms with van der Waals surface area (Å²) in [6.45, 7) is 1.93. The van der Waals surface area contributed by atoms with Crippen LogP contribution in [-0.4, -0.2) is 51.3 Å². The third kappa shape index (κ3) is 4.47. The first kappa shape index (κ1) is 21.0. The molecule has 0 radical (unpaired) electrons. The summed E-state index contributed by atoms with van der Waals surface area (Å²) in [5.74, 6) is 4.40. The molecule has 2 amide bonds. The molecule has 3 rings (SSSR count). The van der Waals surface area contributed by atoms with Crippen LogP contribution in [-0.2, 0) is 4.79 Å². The smallest absolute Gasteiger partial charge is 0.269 e.